The van der Waals surface area contributed by atoms with E-state index >= 15 is 0 Å². The molecular weight excluding hydrogens is 345 g/mol. The molecule has 0 saturated carbocycles. The number of piperidine rings is 1. The number of rotatable bonds is 7. The normalized spacial score (nSPS) is 14.8. The van der Waals surface area contributed by atoms with E-state index in [1.54, 1.807) is 14.2 Å². The lowest BCUT2D eigenvalue weighted by Gasteiger charge is -2.31. The van der Waals surface area contributed by atoms with Gasteiger partial charge in [-0.05, 0) is 56.0 Å². The van der Waals surface area contributed by atoms with E-state index in [1.165, 1.54) is 35.8 Å². The van der Waals surface area contributed by atoms with Crippen molar-refractivity contribution in [3.05, 3.63) is 42.0 Å². The fraction of sp³-hybridized carbons (Fsp3) is 0.429. The number of benzene rings is 2. The van der Waals surface area contributed by atoms with Crippen molar-refractivity contribution in [3.63, 3.8) is 0 Å². The zero-order valence-corrected chi connectivity index (χ0v) is 16.9. The average Bonchev–Trinajstić information content (AvgIpc) is 2.69. The third kappa shape index (κ3) is 4.69. The lowest BCUT2D eigenvalue weighted by atomic mass is 10.1. The highest BCUT2D eigenvalue weighted by Gasteiger charge is 2.16. The van der Waals surface area contributed by atoms with E-state index in [2.05, 4.69) is 36.1 Å². The standard InChI is InChI=1S/C21H28NO3P/c1-16-7-10-20(18(13-16)22-11-5-4-6-12-22)26-21-14-17(24-3)8-9-19(21)25-15-23-2/h7-10,13-14,26H,4-6,11-12,15H2,1-3H3. The van der Waals surface area contributed by atoms with E-state index in [9.17, 15) is 0 Å². The second-order valence-electron chi connectivity index (χ2n) is 6.61. The molecule has 0 aliphatic carbocycles. The van der Waals surface area contributed by atoms with Crippen molar-refractivity contribution in [3.8, 4) is 11.5 Å². The van der Waals surface area contributed by atoms with Gasteiger partial charge in [-0.3, -0.25) is 0 Å². The van der Waals surface area contributed by atoms with Crippen LogP contribution < -0.4 is 25.0 Å². The van der Waals surface area contributed by atoms with Gasteiger partial charge in [0.15, 0.2) is 6.79 Å². The van der Waals surface area contributed by atoms with Crippen molar-refractivity contribution in [2.45, 2.75) is 26.2 Å². The molecule has 1 saturated heterocycles. The van der Waals surface area contributed by atoms with Crippen LogP contribution in [0, 0.1) is 6.92 Å². The van der Waals surface area contributed by atoms with Crippen LogP contribution in [0.1, 0.15) is 24.8 Å². The van der Waals surface area contributed by atoms with Gasteiger partial charge in [-0.1, -0.05) is 20.7 Å². The van der Waals surface area contributed by atoms with Crippen molar-refractivity contribution >= 4 is 24.9 Å². The Labute approximate surface area is 158 Å². The summed E-state index contributed by atoms with van der Waals surface area (Å²) in [5.74, 6) is 1.71. The van der Waals surface area contributed by atoms with Gasteiger partial charge in [-0.2, -0.15) is 0 Å². The van der Waals surface area contributed by atoms with Crippen LogP contribution in [0.2, 0.25) is 0 Å². The Morgan fingerprint density at radius 2 is 1.77 bits per heavy atom. The molecule has 1 unspecified atom stereocenters. The van der Waals surface area contributed by atoms with Gasteiger partial charge < -0.3 is 19.1 Å². The molecule has 2 aromatic rings. The molecule has 1 fully saturated rings. The maximum absolute atomic E-state index is 5.78. The summed E-state index contributed by atoms with van der Waals surface area (Å²) in [6, 6.07) is 12.8. The van der Waals surface area contributed by atoms with Crippen molar-refractivity contribution in [1.29, 1.82) is 0 Å². The predicted molar refractivity (Wildman–Crippen MR) is 110 cm³/mol. The summed E-state index contributed by atoms with van der Waals surface area (Å²) in [6.07, 6.45) is 3.89. The van der Waals surface area contributed by atoms with Crippen molar-refractivity contribution in [2.24, 2.45) is 0 Å². The van der Waals surface area contributed by atoms with Crippen molar-refractivity contribution < 1.29 is 14.2 Å². The molecule has 1 aliphatic rings. The molecule has 26 heavy (non-hydrogen) atoms. The number of hydrogen-bond donors (Lipinski definition) is 0. The third-order valence-corrected chi connectivity index (χ3v) is 5.99. The Morgan fingerprint density at radius 1 is 0.962 bits per heavy atom. The van der Waals surface area contributed by atoms with Gasteiger partial charge in [0.05, 0.1) is 7.11 Å². The topological polar surface area (TPSA) is 30.9 Å². The number of ether oxygens (including phenoxy) is 3. The maximum Gasteiger partial charge on any atom is 0.188 e. The van der Waals surface area contributed by atoms with Crippen molar-refractivity contribution in [1.82, 2.24) is 0 Å². The fourth-order valence-electron chi connectivity index (χ4n) is 3.27. The molecule has 1 heterocycles. The quantitative estimate of drug-likeness (QED) is 0.548. The van der Waals surface area contributed by atoms with Crippen LogP contribution in [0.25, 0.3) is 0 Å². The van der Waals surface area contributed by atoms with Crippen LogP contribution in [0.3, 0.4) is 0 Å². The first-order valence-corrected chi connectivity index (χ1v) is 10.1. The number of nitrogens with zero attached hydrogens (tertiary/aromatic N) is 1. The van der Waals surface area contributed by atoms with E-state index < -0.39 is 0 Å². The highest BCUT2D eigenvalue weighted by molar-refractivity contribution is 7.56. The number of aryl methyl sites for hydroxylation is 1. The molecule has 0 amide bonds. The van der Waals surface area contributed by atoms with Gasteiger partial charge in [-0.25, -0.2) is 0 Å². The Bertz CT molecular complexity index is 729. The molecule has 0 bridgehead atoms. The molecule has 1 aliphatic heterocycles. The fourth-order valence-corrected chi connectivity index (χ4v) is 4.58. The molecule has 4 nitrogen and oxygen atoms in total. The largest absolute Gasteiger partial charge is 0.497 e. The van der Waals surface area contributed by atoms with Gasteiger partial charge in [0.1, 0.15) is 11.5 Å². The van der Waals surface area contributed by atoms with Crippen LogP contribution in [0.15, 0.2) is 36.4 Å². The van der Waals surface area contributed by atoms with Crippen molar-refractivity contribution in [2.75, 3.05) is 39.0 Å². The number of anilines is 1. The number of methoxy groups -OCH3 is 2. The van der Waals surface area contributed by atoms with Gasteiger partial charge in [0.2, 0.25) is 0 Å². The smallest absolute Gasteiger partial charge is 0.188 e. The molecule has 2 aromatic carbocycles. The van der Waals surface area contributed by atoms with Gasteiger partial charge in [-0.15, -0.1) is 0 Å². The van der Waals surface area contributed by atoms with Crippen LogP contribution in [0.4, 0.5) is 5.69 Å². The molecule has 5 heteroatoms. The summed E-state index contributed by atoms with van der Waals surface area (Å²) in [6.45, 7) is 4.70. The SMILES string of the molecule is COCOc1ccc(OC)cc1Pc1ccc(C)cc1N1CCCCC1. The Morgan fingerprint density at radius 3 is 2.50 bits per heavy atom. The molecule has 0 aromatic heterocycles. The second kappa shape index (κ2) is 9.25. The minimum Gasteiger partial charge on any atom is -0.497 e. The van der Waals surface area contributed by atoms with Crippen LogP contribution in [-0.2, 0) is 4.74 Å². The maximum atomic E-state index is 5.78. The monoisotopic (exact) mass is 373 g/mol. The molecule has 0 N–H and O–H groups in total. The Kier molecular flexibility index (Phi) is 6.76. The summed E-state index contributed by atoms with van der Waals surface area (Å²) in [4.78, 5) is 2.54. The van der Waals surface area contributed by atoms with E-state index in [0.717, 1.165) is 29.9 Å². The molecule has 1 atom stereocenters. The van der Waals surface area contributed by atoms with Crippen LogP contribution >= 0.6 is 8.58 Å². The predicted octanol–water partition coefficient (Wildman–Crippen LogP) is 3.61. The zero-order valence-electron chi connectivity index (χ0n) is 15.9. The summed E-state index contributed by atoms with van der Waals surface area (Å²) < 4.78 is 16.3. The lowest BCUT2D eigenvalue weighted by Crippen LogP contribution is -2.32. The molecule has 0 spiro atoms. The second-order valence-corrected chi connectivity index (χ2v) is 7.93. The van der Waals surface area contributed by atoms with E-state index in [1.807, 2.05) is 12.1 Å². The van der Waals surface area contributed by atoms with Gasteiger partial charge >= 0.3 is 0 Å². The van der Waals surface area contributed by atoms with Crippen LogP contribution in [-0.4, -0.2) is 34.1 Å². The first-order chi connectivity index (χ1) is 12.7. The summed E-state index contributed by atoms with van der Waals surface area (Å²) >= 11 is 0. The van der Waals surface area contributed by atoms with Gasteiger partial charge in [0, 0.05) is 36.5 Å². The Hall–Kier alpha value is -1.77. The minimum absolute atomic E-state index is 0.247. The molecule has 3 rings (SSSR count). The van der Waals surface area contributed by atoms with Crippen LogP contribution in [0.5, 0.6) is 11.5 Å². The first-order valence-electron chi connectivity index (χ1n) is 9.13. The summed E-state index contributed by atoms with van der Waals surface area (Å²) in [5.41, 5.74) is 2.67. The zero-order chi connectivity index (χ0) is 18.4. The van der Waals surface area contributed by atoms with E-state index in [4.69, 9.17) is 14.2 Å². The highest BCUT2D eigenvalue weighted by atomic mass is 31.1. The lowest BCUT2D eigenvalue weighted by molar-refractivity contribution is 0.0519. The summed E-state index contributed by atoms with van der Waals surface area (Å²) in [7, 11) is 3.84. The average molecular weight is 373 g/mol. The molecule has 0 radical (unpaired) electrons. The van der Waals surface area contributed by atoms with E-state index in [0.29, 0.717) is 8.58 Å². The minimum atomic E-state index is 0.247. The first kappa shape index (κ1) is 19.0. The molecular formula is C21H28NO3P. The number of hydrogen-bond acceptors (Lipinski definition) is 4. The molecule has 140 valence electrons. The van der Waals surface area contributed by atoms with E-state index in [-0.39, 0.29) is 6.79 Å². The Balaban J connectivity index is 1.92. The summed E-state index contributed by atoms with van der Waals surface area (Å²) in [5, 5.41) is 2.50. The van der Waals surface area contributed by atoms with Gasteiger partial charge in [0.25, 0.3) is 0 Å². The third-order valence-electron chi connectivity index (χ3n) is 4.64. The highest BCUT2D eigenvalue weighted by Crippen LogP contribution is 2.29.